The van der Waals surface area contributed by atoms with Crippen molar-refractivity contribution in [3.8, 4) is 0 Å². The zero-order chi connectivity index (χ0) is 16.3. The van der Waals surface area contributed by atoms with Crippen molar-refractivity contribution in [2.45, 2.75) is 51.6 Å². The summed E-state index contributed by atoms with van der Waals surface area (Å²) >= 11 is 0. The lowest BCUT2D eigenvalue weighted by Gasteiger charge is -2.54. The number of amides is 1. The zero-order valence-electron chi connectivity index (χ0n) is 14.4. The molecule has 6 rings (SSSR count). The number of benzene rings is 1. The number of para-hydroxylation sites is 1. The van der Waals surface area contributed by atoms with E-state index in [1.54, 1.807) is 0 Å². The predicted molar refractivity (Wildman–Crippen MR) is 95.7 cm³/mol. The van der Waals surface area contributed by atoms with Crippen molar-refractivity contribution in [3.63, 3.8) is 0 Å². The van der Waals surface area contributed by atoms with Crippen LogP contribution in [0.4, 0.5) is 0 Å². The van der Waals surface area contributed by atoms with Crippen molar-refractivity contribution in [1.82, 2.24) is 9.88 Å². The van der Waals surface area contributed by atoms with E-state index in [-0.39, 0.29) is 5.91 Å². The maximum absolute atomic E-state index is 12.8. The molecule has 4 aliphatic carbocycles. The van der Waals surface area contributed by atoms with Gasteiger partial charge in [0.1, 0.15) is 6.54 Å². The molecule has 4 saturated carbocycles. The van der Waals surface area contributed by atoms with Crippen LogP contribution < -0.4 is 5.32 Å². The molecule has 1 aromatic carbocycles. The Labute approximate surface area is 143 Å². The maximum atomic E-state index is 12.8. The van der Waals surface area contributed by atoms with E-state index in [0.717, 1.165) is 34.9 Å². The number of fused-ring (bicyclic) bond motifs is 1. The summed E-state index contributed by atoms with van der Waals surface area (Å²) < 4.78 is 2.15. The number of aromatic nitrogens is 1. The zero-order valence-corrected chi connectivity index (χ0v) is 14.4. The quantitative estimate of drug-likeness (QED) is 0.914. The van der Waals surface area contributed by atoms with E-state index in [9.17, 15) is 4.79 Å². The first kappa shape index (κ1) is 14.6. The van der Waals surface area contributed by atoms with Crippen molar-refractivity contribution in [2.24, 2.45) is 23.7 Å². The van der Waals surface area contributed by atoms with Crippen LogP contribution in [0.3, 0.4) is 0 Å². The number of hydrogen-bond acceptors (Lipinski definition) is 1. The number of carbonyl (C=O) groups is 1. The Hall–Kier alpha value is -1.77. The highest BCUT2D eigenvalue weighted by atomic mass is 16.2. The summed E-state index contributed by atoms with van der Waals surface area (Å²) in [7, 11) is 0. The van der Waals surface area contributed by atoms with Crippen LogP contribution in [0, 0.1) is 30.6 Å². The molecule has 1 amide bonds. The average Bonchev–Trinajstić information content (AvgIpc) is 2.86. The van der Waals surface area contributed by atoms with Crippen LogP contribution in [0.5, 0.6) is 0 Å². The molecule has 4 aliphatic rings. The fourth-order valence-corrected chi connectivity index (χ4v) is 6.09. The molecule has 2 aromatic rings. The van der Waals surface area contributed by atoms with Gasteiger partial charge in [-0.3, -0.25) is 4.79 Å². The number of hydrogen-bond donors (Lipinski definition) is 1. The minimum absolute atomic E-state index is 0.192. The van der Waals surface area contributed by atoms with Crippen LogP contribution in [-0.4, -0.2) is 16.5 Å². The van der Waals surface area contributed by atoms with E-state index < -0.39 is 0 Å². The van der Waals surface area contributed by atoms with Crippen molar-refractivity contribution in [2.75, 3.05) is 0 Å². The largest absolute Gasteiger partial charge is 0.351 e. The summed E-state index contributed by atoms with van der Waals surface area (Å²) in [5, 5.41) is 4.65. The van der Waals surface area contributed by atoms with Gasteiger partial charge in [0.05, 0.1) is 0 Å². The lowest BCUT2D eigenvalue weighted by molar-refractivity contribution is -0.125. The van der Waals surface area contributed by atoms with E-state index >= 15 is 0 Å². The topological polar surface area (TPSA) is 34.0 Å². The lowest BCUT2D eigenvalue weighted by Crippen LogP contribution is -2.56. The van der Waals surface area contributed by atoms with Gasteiger partial charge >= 0.3 is 0 Å². The van der Waals surface area contributed by atoms with Gasteiger partial charge in [-0.05, 0) is 80.2 Å². The van der Waals surface area contributed by atoms with E-state index in [0.29, 0.717) is 12.6 Å². The summed E-state index contributed by atoms with van der Waals surface area (Å²) in [6, 6.07) is 10.9. The predicted octanol–water partition coefficient (Wildman–Crippen LogP) is 3.89. The van der Waals surface area contributed by atoms with Crippen molar-refractivity contribution in [3.05, 3.63) is 36.0 Å². The molecule has 1 N–H and O–H groups in total. The Bertz CT molecular complexity index is 762. The second-order valence-corrected chi connectivity index (χ2v) is 8.45. The van der Waals surface area contributed by atoms with Crippen molar-refractivity contribution in [1.29, 1.82) is 0 Å². The van der Waals surface area contributed by atoms with Crippen molar-refractivity contribution >= 4 is 16.8 Å². The molecule has 0 unspecified atom stereocenters. The van der Waals surface area contributed by atoms with Gasteiger partial charge in [0.15, 0.2) is 0 Å². The highest BCUT2D eigenvalue weighted by Crippen LogP contribution is 2.53. The molecule has 0 radical (unpaired) electrons. The molecule has 4 bridgehead atoms. The summed E-state index contributed by atoms with van der Waals surface area (Å²) in [5.41, 5.74) is 2.33. The van der Waals surface area contributed by atoms with E-state index in [1.165, 1.54) is 37.5 Å². The van der Waals surface area contributed by atoms with Crippen LogP contribution in [0.15, 0.2) is 30.3 Å². The minimum atomic E-state index is 0.192. The molecule has 3 nitrogen and oxygen atoms in total. The highest BCUT2D eigenvalue weighted by molar-refractivity contribution is 5.84. The molecule has 0 saturated heterocycles. The van der Waals surface area contributed by atoms with E-state index in [4.69, 9.17) is 0 Å². The van der Waals surface area contributed by atoms with Gasteiger partial charge in [-0.25, -0.2) is 0 Å². The summed E-state index contributed by atoms with van der Waals surface area (Å²) in [4.78, 5) is 12.8. The molecule has 1 aromatic heterocycles. The molecule has 126 valence electrons. The first-order valence-electron chi connectivity index (χ1n) is 9.51. The van der Waals surface area contributed by atoms with Crippen LogP contribution in [0.25, 0.3) is 10.9 Å². The number of nitrogens with one attached hydrogen (secondary N) is 1. The highest BCUT2D eigenvalue weighted by Gasteiger charge is 2.48. The van der Waals surface area contributed by atoms with Gasteiger partial charge in [0.25, 0.3) is 0 Å². The van der Waals surface area contributed by atoms with Crippen LogP contribution in [-0.2, 0) is 11.3 Å². The van der Waals surface area contributed by atoms with E-state index in [2.05, 4.69) is 41.1 Å². The third-order valence-electron chi connectivity index (χ3n) is 6.87. The third-order valence-corrected chi connectivity index (χ3v) is 6.87. The fraction of sp³-hybridized carbons (Fsp3) is 0.571. The normalized spacial score (nSPS) is 34.0. The van der Waals surface area contributed by atoms with Gasteiger partial charge in [-0.1, -0.05) is 18.2 Å². The third kappa shape index (κ3) is 2.28. The number of rotatable bonds is 3. The number of aryl methyl sites for hydroxylation is 1. The maximum Gasteiger partial charge on any atom is 0.240 e. The Morgan fingerprint density at radius 1 is 1.08 bits per heavy atom. The first-order chi connectivity index (χ1) is 11.7. The van der Waals surface area contributed by atoms with Gasteiger partial charge in [-0.2, -0.15) is 0 Å². The Balaban J connectivity index is 1.33. The Morgan fingerprint density at radius 2 is 1.75 bits per heavy atom. The number of carbonyl (C=O) groups excluding carboxylic acids is 1. The molecule has 24 heavy (non-hydrogen) atoms. The summed E-state index contributed by atoms with van der Waals surface area (Å²) in [6.07, 6.45) is 6.86. The first-order valence-corrected chi connectivity index (χ1v) is 9.51. The molecule has 0 aliphatic heterocycles. The number of nitrogens with zero attached hydrogens (tertiary/aromatic N) is 1. The molecule has 3 heteroatoms. The van der Waals surface area contributed by atoms with Crippen LogP contribution in [0.2, 0.25) is 0 Å². The monoisotopic (exact) mass is 322 g/mol. The average molecular weight is 322 g/mol. The van der Waals surface area contributed by atoms with Crippen molar-refractivity contribution < 1.29 is 4.79 Å². The SMILES string of the molecule is Cc1cc2ccccc2n1CC(=O)NC1C2CC3CC(C2)CC1C3. The smallest absolute Gasteiger partial charge is 0.240 e. The standard InChI is InChI=1S/C21H26N2O/c1-13-6-16-4-2-3-5-19(16)23(13)12-20(24)22-21-17-8-14-7-15(10-17)11-18(21)9-14/h2-6,14-15,17-18,21H,7-12H2,1H3,(H,22,24). The Morgan fingerprint density at radius 3 is 2.46 bits per heavy atom. The van der Waals surface area contributed by atoms with Crippen LogP contribution in [0.1, 0.15) is 37.8 Å². The summed E-state index contributed by atoms with van der Waals surface area (Å²) in [6.45, 7) is 2.54. The fourth-order valence-electron chi connectivity index (χ4n) is 6.09. The van der Waals surface area contributed by atoms with Gasteiger partial charge in [0.2, 0.25) is 5.91 Å². The lowest BCUT2D eigenvalue weighted by atomic mass is 9.54. The van der Waals surface area contributed by atoms with Gasteiger partial charge < -0.3 is 9.88 Å². The molecule has 1 heterocycles. The second-order valence-electron chi connectivity index (χ2n) is 8.45. The molecular formula is C21H26N2O. The summed E-state index contributed by atoms with van der Waals surface area (Å²) in [5.74, 6) is 3.59. The van der Waals surface area contributed by atoms with Crippen LogP contribution >= 0.6 is 0 Å². The minimum Gasteiger partial charge on any atom is -0.351 e. The molecule has 4 fully saturated rings. The second kappa shape index (κ2) is 5.37. The van der Waals surface area contributed by atoms with Gasteiger partial charge in [0, 0.05) is 17.3 Å². The van der Waals surface area contributed by atoms with E-state index in [1.807, 2.05) is 6.07 Å². The Kier molecular flexibility index (Phi) is 3.26. The molecule has 0 atom stereocenters. The van der Waals surface area contributed by atoms with Gasteiger partial charge in [-0.15, -0.1) is 0 Å². The molecule has 0 spiro atoms. The molecular weight excluding hydrogens is 296 g/mol.